The largest absolute Gasteiger partial charge is 0.396 e. The molecule has 2 aromatic carbocycles. The van der Waals surface area contributed by atoms with E-state index in [1.54, 1.807) is 30.5 Å². The Morgan fingerprint density at radius 3 is 2.68 bits per heavy atom. The normalized spacial score (nSPS) is 15.5. The van der Waals surface area contributed by atoms with Crippen molar-refractivity contribution in [3.63, 3.8) is 0 Å². The lowest BCUT2D eigenvalue weighted by Crippen LogP contribution is -2.30. The van der Waals surface area contributed by atoms with E-state index in [1.165, 1.54) is 6.07 Å². The topological polar surface area (TPSA) is 107 Å². The van der Waals surface area contributed by atoms with E-state index in [1.807, 2.05) is 22.6 Å². The zero-order valence-corrected chi connectivity index (χ0v) is 17.6. The summed E-state index contributed by atoms with van der Waals surface area (Å²) in [5, 5.41) is 19.7. The number of aliphatic hydroxyl groups excluding tert-OH is 1. The number of hydrogen-bond donors (Lipinski definition) is 4. The second-order valence-electron chi connectivity index (χ2n) is 6.83. The molecule has 148 valence electrons. The maximum atomic E-state index is 14.4. The molecule has 1 aliphatic rings. The first-order valence-corrected chi connectivity index (χ1v) is 11.2. The zero-order chi connectivity index (χ0) is 19.9. The third-order valence-electron chi connectivity index (χ3n) is 5.00. The minimum atomic E-state index is -3.72. The number of fused-ring (bicyclic) bond motifs is 1. The van der Waals surface area contributed by atoms with Gasteiger partial charge in [0, 0.05) is 15.6 Å². The van der Waals surface area contributed by atoms with Crippen LogP contribution in [0.4, 0.5) is 21.5 Å². The lowest BCUT2D eigenvalue weighted by Gasteiger charge is -2.20. The monoisotopic (exact) mass is 516 g/mol. The Kier molecular flexibility index (Phi) is 4.96. The summed E-state index contributed by atoms with van der Waals surface area (Å²) in [5.74, 6) is -0.444. The van der Waals surface area contributed by atoms with E-state index >= 15 is 0 Å². The maximum Gasteiger partial charge on any atom is 0.238 e. The van der Waals surface area contributed by atoms with Crippen LogP contribution in [-0.2, 0) is 10.0 Å². The van der Waals surface area contributed by atoms with Crippen molar-refractivity contribution < 1.29 is 17.9 Å². The van der Waals surface area contributed by atoms with E-state index < -0.39 is 20.6 Å². The molecule has 10 heteroatoms. The van der Waals surface area contributed by atoms with Crippen LogP contribution in [-0.4, -0.2) is 35.1 Å². The number of nitrogens with one attached hydrogen (secondary N) is 3. The number of anilines is 3. The molecule has 0 aliphatic heterocycles. The SMILES string of the molecule is O=S(=O)(Nc1ccc2[nH]ncc2c1Nc1ccc(I)cc1F)C1(CCO)CC1. The molecule has 1 saturated carbocycles. The first kappa shape index (κ1) is 19.4. The fourth-order valence-corrected chi connectivity index (χ4v) is 5.34. The molecule has 0 saturated heterocycles. The summed E-state index contributed by atoms with van der Waals surface area (Å²) in [4.78, 5) is 0. The molecule has 4 N–H and O–H groups in total. The average Bonchev–Trinajstić information content (AvgIpc) is 3.28. The summed E-state index contributed by atoms with van der Waals surface area (Å²) in [6, 6.07) is 8.07. The van der Waals surface area contributed by atoms with Gasteiger partial charge < -0.3 is 10.4 Å². The van der Waals surface area contributed by atoms with Crippen LogP contribution in [0.25, 0.3) is 10.9 Å². The van der Waals surface area contributed by atoms with E-state index in [9.17, 15) is 17.9 Å². The Morgan fingerprint density at radius 1 is 1.25 bits per heavy atom. The van der Waals surface area contributed by atoms with Crippen molar-refractivity contribution >= 4 is 60.6 Å². The number of hydrogen-bond acceptors (Lipinski definition) is 5. The molecule has 1 aromatic heterocycles. The Bertz CT molecular complexity index is 1140. The number of nitrogens with zero attached hydrogens (tertiary/aromatic N) is 1. The van der Waals surface area contributed by atoms with Gasteiger partial charge in [-0.1, -0.05) is 0 Å². The molecule has 1 heterocycles. The quantitative estimate of drug-likeness (QED) is 0.359. The van der Waals surface area contributed by atoms with Gasteiger partial charge in [-0.25, -0.2) is 12.8 Å². The lowest BCUT2D eigenvalue weighted by atomic mass is 10.2. The van der Waals surface area contributed by atoms with Crippen molar-refractivity contribution in [1.29, 1.82) is 0 Å². The van der Waals surface area contributed by atoms with Gasteiger partial charge in [-0.05, 0) is 72.2 Å². The van der Waals surface area contributed by atoms with Crippen LogP contribution in [0.15, 0.2) is 36.5 Å². The summed E-state index contributed by atoms with van der Waals surface area (Å²) in [6.07, 6.45) is 2.75. The second-order valence-corrected chi connectivity index (χ2v) is 10.2. The van der Waals surface area contributed by atoms with E-state index in [0.29, 0.717) is 35.1 Å². The number of H-pyrrole nitrogens is 1. The molecule has 7 nitrogen and oxygen atoms in total. The van der Waals surface area contributed by atoms with Gasteiger partial charge in [0.1, 0.15) is 5.82 Å². The Morgan fingerprint density at radius 2 is 2.00 bits per heavy atom. The Labute approximate surface area is 174 Å². The van der Waals surface area contributed by atoms with Crippen LogP contribution in [0.3, 0.4) is 0 Å². The molecule has 0 radical (unpaired) electrons. The van der Waals surface area contributed by atoms with Crippen molar-refractivity contribution in [1.82, 2.24) is 10.2 Å². The molecule has 28 heavy (non-hydrogen) atoms. The third kappa shape index (κ3) is 3.44. The lowest BCUT2D eigenvalue weighted by molar-refractivity contribution is 0.283. The first-order chi connectivity index (χ1) is 13.4. The molecule has 0 spiro atoms. The van der Waals surface area contributed by atoms with E-state index in [0.717, 1.165) is 3.57 Å². The highest BCUT2D eigenvalue weighted by Crippen LogP contribution is 2.47. The fourth-order valence-electron chi connectivity index (χ4n) is 3.21. The van der Waals surface area contributed by atoms with Gasteiger partial charge in [-0.3, -0.25) is 9.82 Å². The zero-order valence-electron chi connectivity index (χ0n) is 14.7. The van der Waals surface area contributed by atoms with Crippen LogP contribution in [0.5, 0.6) is 0 Å². The minimum Gasteiger partial charge on any atom is -0.396 e. The molecule has 0 amide bonds. The number of benzene rings is 2. The van der Waals surface area contributed by atoms with Crippen molar-refractivity contribution in [2.75, 3.05) is 16.6 Å². The smallest absolute Gasteiger partial charge is 0.238 e. The van der Waals surface area contributed by atoms with Crippen LogP contribution < -0.4 is 10.0 Å². The summed E-state index contributed by atoms with van der Waals surface area (Å²) in [6.45, 7) is -0.194. The molecule has 1 aliphatic carbocycles. The van der Waals surface area contributed by atoms with Gasteiger partial charge in [0.15, 0.2) is 0 Å². The number of sulfonamides is 1. The van der Waals surface area contributed by atoms with E-state index in [2.05, 4.69) is 20.2 Å². The van der Waals surface area contributed by atoms with Crippen molar-refractivity contribution in [2.45, 2.75) is 24.0 Å². The third-order valence-corrected chi connectivity index (χ3v) is 7.92. The molecule has 0 atom stereocenters. The van der Waals surface area contributed by atoms with Gasteiger partial charge in [-0.2, -0.15) is 5.10 Å². The van der Waals surface area contributed by atoms with Gasteiger partial charge in [0.2, 0.25) is 10.0 Å². The van der Waals surface area contributed by atoms with Crippen molar-refractivity contribution in [3.8, 4) is 0 Å². The highest BCUT2D eigenvalue weighted by molar-refractivity contribution is 14.1. The van der Waals surface area contributed by atoms with Crippen LogP contribution in [0, 0.1) is 9.39 Å². The molecule has 4 rings (SSSR count). The highest BCUT2D eigenvalue weighted by atomic mass is 127. The molecular weight excluding hydrogens is 498 g/mol. The minimum absolute atomic E-state index is 0.185. The predicted octanol–water partition coefficient (Wildman–Crippen LogP) is 3.71. The summed E-state index contributed by atoms with van der Waals surface area (Å²) in [7, 11) is -3.72. The maximum absolute atomic E-state index is 14.4. The molecule has 1 fully saturated rings. The van der Waals surface area contributed by atoms with Gasteiger partial charge in [-0.15, -0.1) is 0 Å². The first-order valence-electron chi connectivity index (χ1n) is 8.67. The molecule has 0 bridgehead atoms. The average molecular weight is 516 g/mol. The number of aromatic nitrogens is 2. The van der Waals surface area contributed by atoms with Gasteiger partial charge in [0.25, 0.3) is 0 Å². The van der Waals surface area contributed by atoms with Crippen molar-refractivity contribution in [3.05, 3.63) is 45.9 Å². The number of rotatable bonds is 7. The van der Waals surface area contributed by atoms with Gasteiger partial charge in [0.05, 0.1) is 33.5 Å². The standard InChI is InChI=1S/C18H18FIN4O3S/c19-13-9-11(20)1-2-15(13)22-17-12-10-21-23-14(12)3-4-16(17)24-28(26,27)18(5-6-18)7-8-25/h1-4,9-10,22,24-25H,5-8H2,(H,21,23). The van der Waals surface area contributed by atoms with Crippen LogP contribution in [0.2, 0.25) is 0 Å². The van der Waals surface area contributed by atoms with E-state index in [-0.39, 0.29) is 18.7 Å². The fraction of sp³-hybridized carbons (Fsp3) is 0.278. The summed E-state index contributed by atoms with van der Waals surface area (Å²) >= 11 is 2.02. The number of aromatic amines is 1. The Hall–Kier alpha value is -1.92. The van der Waals surface area contributed by atoms with Gasteiger partial charge >= 0.3 is 0 Å². The highest BCUT2D eigenvalue weighted by Gasteiger charge is 2.54. The van der Waals surface area contributed by atoms with Crippen molar-refractivity contribution in [2.24, 2.45) is 0 Å². The predicted molar refractivity (Wildman–Crippen MR) is 115 cm³/mol. The molecule has 0 unspecified atom stereocenters. The van der Waals surface area contributed by atoms with Crippen LogP contribution in [0.1, 0.15) is 19.3 Å². The Balaban J connectivity index is 1.76. The summed E-state index contributed by atoms with van der Waals surface area (Å²) in [5.41, 5.74) is 1.63. The van der Waals surface area contributed by atoms with E-state index in [4.69, 9.17) is 0 Å². The molecule has 3 aromatic rings. The number of aliphatic hydroxyl groups is 1. The second kappa shape index (κ2) is 7.16. The number of halogens is 2. The van der Waals surface area contributed by atoms with Crippen LogP contribution >= 0.6 is 22.6 Å². The molecular formula is C18H18FIN4O3S. The summed E-state index contributed by atoms with van der Waals surface area (Å²) < 4.78 is 42.7.